The van der Waals surface area contributed by atoms with Crippen molar-refractivity contribution in [3.05, 3.63) is 66.5 Å². The van der Waals surface area contributed by atoms with Crippen molar-refractivity contribution in [1.29, 1.82) is 0 Å². The van der Waals surface area contributed by atoms with Crippen molar-refractivity contribution in [2.45, 2.75) is 52.2 Å². The van der Waals surface area contributed by atoms with Gasteiger partial charge in [0.25, 0.3) is 5.56 Å². The average Bonchev–Trinajstić information content (AvgIpc) is 3.39. The van der Waals surface area contributed by atoms with Gasteiger partial charge in [0.05, 0.1) is 6.54 Å². The van der Waals surface area contributed by atoms with E-state index in [-0.39, 0.29) is 29.4 Å². The number of fused-ring (bicyclic) bond motifs is 1. The molecule has 0 amide bonds. The third kappa shape index (κ3) is 4.83. The fraction of sp³-hybridized carbons (Fsp3) is 0.400. The number of H-pyrrole nitrogens is 1. The third-order valence-corrected chi connectivity index (χ3v) is 5.73. The largest absolute Gasteiger partial charge is 0.332 e. The normalized spacial score (nSPS) is 11.5. The monoisotopic (exact) mass is 494 g/mol. The molecule has 3 heterocycles. The van der Waals surface area contributed by atoms with E-state index in [0.29, 0.717) is 35.9 Å². The van der Waals surface area contributed by atoms with Gasteiger partial charge in [0, 0.05) is 30.1 Å². The second-order valence-corrected chi connectivity index (χ2v) is 8.27. The SMILES string of the molecule is CCCCn1c(=O)n(CCCn2nnc(Cc3c(F)cccc3Cl)n2)c(=O)c2[nH]c(Cl)nc21. The van der Waals surface area contributed by atoms with Crippen LogP contribution in [0, 0.1) is 5.82 Å². The van der Waals surface area contributed by atoms with Crippen molar-refractivity contribution in [2.75, 3.05) is 0 Å². The quantitative estimate of drug-likeness (QED) is 0.357. The summed E-state index contributed by atoms with van der Waals surface area (Å²) in [6.07, 6.45) is 2.13. The van der Waals surface area contributed by atoms with Crippen LogP contribution >= 0.6 is 23.2 Å². The Morgan fingerprint density at radius 2 is 1.88 bits per heavy atom. The van der Waals surface area contributed by atoms with Crippen LogP contribution in [-0.4, -0.2) is 39.3 Å². The van der Waals surface area contributed by atoms with Crippen LogP contribution in [0.1, 0.15) is 37.6 Å². The highest BCUT2D eigenvalue weighted by atomic mass is 35.5. The zero-order chi connectivity index (χ0) is 23.5. The highest BCUT2D eigenvalue weighted by Gasteiger charge is 2.17. The van der Waals surface area contributed by atoms with Crippen LogP contribution in [0.25, 0.3) is 11.2 Å². The molecule has 10 nitrogen and oxygen atoms in total. The second kappa shape index (κ2) is 9.84. The van der Waals surface area contributed by atoms with Gasteiger partial charge in [-0.05, 0) is 41.8 Å². The molecule has 0 aliphatic carbocycles. The molecule has 0 fully saturated rings. The zero-order valence-electron chi connectivity index (χ0n) is 17.8. The van der Waals surface area contributed by atoms with E-state index in [1.165, 1.54) is 21.5 Å². The van der Waals surface area contributed by atoms with Crippen LogP contribution in [0.5, 0.6) is 0 Å². The van der Waals surface area contributed by atoms with Crippen LogP contribution in [0.15, 0.2) is 27.8 Å². The van der Waals surface area contributed by atoms with E-state index >= 15 is 0 Å². The van der Waals surface area contributed by atoms with Crippen LogP contribution in [0.2, 0.25) is 10.3 Å². The van der Waals surface area contributed by atoms with Gasteiger partial charge in [0.1, 0.15) is 5.82 Å². The van der Waals surface area contributed by atoms with Gasteiger partial charge in [-0.2, -0.15) is 9.78 Å². The van der Waals surface area contributed by atoms with E-state index in [1.807, 2.05) is 6.92 Å². The maximum absolute atomic E-state index is 14.0. The molecule has 13 heteroatoms. The van der Waals surface area contributed by atoms with Crippen molar-refractivity contribution in [3.63, 3.8) is 0 Å². The first-order valence-electron chi connectivity index (χ1n) is 10.5. The van der Waals surface area contributed by atoms with Crippen molar-refractivity contribution < 1.29 is 4.39 Å². The lowest BCUT2D eigenvalue weighted by atomic mass is 10.1. The predicted octanol–water partition coefficient (Wildman–Crippen LogP) is 2.80. The minimum absolute atomic E-state index is 0.0544. The Balaban J connectivity index is 1.50. The molecule has 0 bridgehead atoms. The number of hydrogen-bond acceptors (Lipinski definition) is 6. The number of tetrazole rings is 1. The molecule has 1 N–H and O–H groups in total. The summed E-state index contributed by atoms with van der Waals surface area (Å²) in [5.41, 5.74) is -0.175. The van der Waals surface area contributed by atoms with Crippen molar-refractivity contribution in [2.24, 2.45) is 0 Å². The molecule has 4 aromatic rings. The number of aromatic nitrogens is 8. The van der Waals surface area contributed by atoms with E-state index in [1.54, 1.807) is 6.07 Å². The van der Waals surface area contributed by atoms with Gasteiger partial charge in [0.2, 0.25) is 5.28 Å². The smallest absolute Gasteiger partial charge is 0.323 e. The fourth-order valence-corrected chi connectivity index (χ4v) is 3.93. The summed E-state index contributed by atoms with van der Waals surface area (Å²) in [5.74, 6) is -0.124. The molecule has 1 aromatic carbocycles. The summed E-state index contributed by atoms with van der Waals surface area (Å²) in [5, 5.41) is 12.5. The Morgan fingerprint density at radius 1 is 1.09 bits per heavy atom. The van der Waals surface area contributed by atoms with Gasteiger partial charge in [-0.25, -0.2) is 9.18 Å². The van der Waals surface area contributed by atoms with Crippen LogP contribution in [0.3, 0.4) is 0 Å². The molecule has 4 rings (SSSR count). The number of aryl methyl sites for hydroxylation is 2. The Morgan fingerprint density at radius 3 is 2.64 bits per heavy atom. The van der Waals surface area contributed by atoms with E-state index in [2.05, 4.69) is 25.4 Å². The molecule has 0 saturated carbocycles. The Hall–Kier alpha value is -3.05. The number of rotatable bonds is 9. The molecule has 0 aliphatic heterocycles. The molecular formula is C20H21Cl2FN8O2. The van der Waals surface area contributed by atoms with E-state index in [0.717, 1.165) is 17.4 Å². The number of hydrogen-bond donors (Lipinski definition) is 1. The lowest BCUT2D eigenvalue weighted by molar-refractivity contribution is 0.451. The minimum Gasteiger partial charge on any atom is -0.323 e. The van der Waals surface area contributed by atoms with Gasteiger partial charge in [-0.1, -0.05) is 31.0 Å². The molecule has 0 saturated heterocycles. The van der Waals surface area contributed by atoms with Crippen LogP contribution in [0.4, 0.5) is 4.39 Å². The van der Waals surface area contributed by atoms with E-state index in [4.69, 9.17) is 23.2 Å². The first kappa shape index (κ1) is 23.1. The van der Waals surface area contributed by atoms with Crippen molar-refractivity contribution in [3.8, 4) is 0 Å². The Kier molecular flexibility index (Phi) is 6.89. The predicted molar refractivity (Wildman–Crippen MR) is 121 cm³/mol. The first-order chi connectivity index (χ1) is 15.9. The second-order valence-electron chi connectivity index (χ2n) is 7.50. The summed E-state index contributed by atoms with van der Waals surface area (Å²) < 4.78 is 16.6. The molecule has 0 aliphatic rings. The number of halogens is 3. The van der Waals surface area contributed by atoms with Crippen LogP contribution < -0.4 is 11.2 Å². The molecule has 0 radical (unpaired) electrons. The standard InChI is InChI=1S/C20H21Cl2FN8O2/c1-2-3-8-29-17-16(24-19(22)25-17)18(32)30(20(29)33)9-5-10-31-27-15(26-28-31)11-12-13(21)6-4-7-14(12)23/h4,6-7H,2-3,5,8-11H2,1H3,(H,24,25). The molecule has 3 aromatic heterocycles. The van der Waals surface area contributed by atoms with E-state index < -0.39 is 17.1 Å². The number of nitrogens with one attached hydrogen (secondary N) is 1. The molecule has 33 heavy (non-hydrogen) atoms. The summed E-state index contributed by atoms with van der Waals surface area (Å²) in [6.45, 7) is 2.89. The van der Waals surface area contributed by atoms with Crippen molar-refractivity contribution >= 4 is 34.4 Å². The maximum atomic E-state index is 14.0. The number of benzene rings is 1. The number of imidazole rings is 1. The summed E-state index contributed by atoms with van der Waals surface area (Å²) in [6, 6.07) is 4.44. The van der Waals surface area contributed by atoms with Gasteiger partial charge in [-0.3, -0.25) is 13.9 Å². The van der Waals surface area contributed by atoms with Gasteiger partial charge < -0.3 is 4.98 Å². The highest BCUT2D eigenvalue weighted by Crippen LogP contribution is 2.20. The molecule has 0 atom stereocenters. The lowest BCUT2D eigenvalue weighted by Gasteiger charge is -2.10. The highest BCUT2D eigenvalue weighted by molar-refractivity contribution is 6.31. The molecule has 174 valence electrons. The topological polar surface area (TPSA) is 116 Å². The van der Waals surface area contributed by atoms with E-state index in [9.17, 15) is 14.0 Å². The van der Waals surface area contributed by atoms with Crippen molar-refractivity contribution in [1.82, 2.24) is 39.3 Å². The number of aromatic amines is 1. The lowest BCUT2D eigenvalue weighted by Crippen LogP contribution is -2.40. The molecule has 0 spiro atoms. The number of unbranched alkanes of at least 4 members (excludes halogenated alkanes) is 1. The summed E-state index contributed by atoms with van der Waals surface area (Å²) in [4.78, 5) is 34.0. The van der Waals surface area contributed by atoms with Gasteiger partial charge in [-0.15, -0.1) is 10.2 Å². The molecule has 0 unspecified atom stereocenters. The minimum atomic E-state index is -0.483. The summed E-state index contributed by atoms with van der Waals surface area (Å²) >= 11 is 12.0. The van der Waals surface area contributed by atoms with Gasteiger partial charge >= 0.3 is 5.69 Å². The number of nitrogens with zero attached hydrogens (tertiary/aromatic N) is 7. The Bertz CT molecular complexity index is 1390. The van der Waals surface area contributed by atoms with Crippen LogP contribution in [-0.2, 0) is 26.1 Å². The molecular weight excluding hydrogens is 474 g/mol. The average molecular weight is 495 g/mol. The maximum Gasteiger partial charge on any atom is 0.332 e. The first-order valence-corrected chi connectivity index (χ1v) is 11.2. The zero-order valence-corrected chi connectivity index (χ0v) is 19.3. The fourth-order valence-electron chi connectivity index (χ4n) is 3.52. The van der Waals surface area contributed by atoms with Gasteiger partial charge in [0.15, 0.2) is 17.0 Å². The summed E-state index contributed by atoms with van der Waals surface area (Å²) in [7, 11) is 0. The Labute approximate surface area is 197 Å². The third-order valence-electron chi connectivity index (χ3n) is 5.20.